The van der Waals surface area contributed by atoms with Gasteiger partial charge in [0.25, 0.3) is 6.47 Å². The van der Waals surface area contributed by atoms with Gasteiger partial charge in [-0.3, -0.25) is 4.79 Å². The van der Waals surface area contributed by atoms with Crippen molar-refractivity contribution in [3.8, 4) is 11.6 Å². The molecule has 1 saturated carbocycles. The number of furan rings is 1. The predicted octanol–water partition coefficient (Wildman–Crippen LogP) is 4.60. The Kier molecular flexibility index (Phi) is 7.07. The van der Waals surface area contributed by atoms with Crippen LogP contribution in [0.1, 0.15) is 24.0 Å². The van der Waals surface area contributed by atoms with Crippen LogP contribution in [0.2, 0.25) is 0 Å². The number of hydrogen-bond donors (Lipinski definition) is 1. The highest BCUT2D eigenvalue weighted by atomic mass is 79.9. The van der Waals surface area contributed by atoms with E-state index >= 15 is 0 Å². The summed E-state index contributed by atoms with van der Waals surface area (Å²) in [5.74, 6) is 3.50. The second-order valence-corrected chi connectivity index (χ2v) is 10.4. The van der Waals surface area contributed by atoms with Gasteiger partial charge in [0.1, 0.15) is 0 Å². The minimum atomic E-state index is -0.250. The van der Waals surface area contributed by atoms with Crippen molar-refractivity contribution in [1.82, 2.24) is 19.7 Å². The highest BCUT2D eigenvalue weighted by Gasteiger charge is 2.60. The number of rotatable bonds is 7. The molecule has 0 amide bonds. The summed E-state index contributed by atoms with van der Waals surface area (Å²) in [4.78, 5) is 11.0. The van der Waals surface area contributed by atoms with Crippen molar-refractivity contribution in [1.29, 1.82) is 0 Å². The number of halogens is 1. The van der Waals surface area contributed by atoms with Crippen LogP contribution in [0.25, 0.3) is 11.6 Å². The Morgan fingerprint density at radius 3 is 2.75 bits per heavy atom. The van der Waals surface area contributed by atoms with Gasteiger partial charge in [-0.05, 0) is 61.6 Å². The Balaban J connectivity index is 0.000000775. The number of fused-ring (bicyclic) bond motifs is 1. The zero-order valence-electron chi connectivity index (χ0n) is 18.2. The number of hydrogen-bond acceptors (Lipinski definition) is 6. The van der Waals surface area contributed by atoms with Gasteiger partial charge in [-0.2, -0.15) is 0 Å². The molecule has 7 nitrogen and oxygen atoms in total. The summed E-state index contributed by atoms with van der Waals surface area (Å²) in [6.07, 6.45) is 4.22. The fourth-order valence-corrected chi connectivity index (χ4v) is 5.78. The molecule has 1 aliphatic carbocycles. The third-order valence-corrected chi connectivity index (χ3v) is 8.02. The van der Waals surface area contributed by atoms with Gasteiger partial charge in [-0.25, -0.2) is 0 Å². The number of aryl methyl sites for hydroxylation is 1. The molecule has 170 valence electrons. The van der Waals surface area contributed by atoms with Crippen molar-refractivity contribution in [2.45, 2.75) is 30.3 Å². The second kappa shape index (κ2) is 9.80. The van der Waals surface area contributed by atoms with Crippen molar-refractivity contribution < 1.29 is 14.3 Å². The average Bonchev–Trinajstić information content (AvgIpc) is 3.07. The summed E-state index contributed by atoms with van der Waals surface area (Å²) in [5.41, 5.74) is 3.03. The molecule has 2 fully saturated rings. The van der Waals surface area contributed by atoms with E-state index in [9.17, 15) is 0 Å². The number of likely N-dealkylation sites (tertiary alicyclic amines) is 1. The summed E-state index contributed by atoms with van der Waals surface area (Å²) in [5, 5.41) is 16.5. The number of carboxylic acid groups (broad SMARTS) is 1. The molecule has 1 N–H and O–H groups in total. The Bertz CT molecular complexity index is 1070. The zero-order chi connectivity index (χ0) is 22.7. The summed E-state index contributed by atoms with van der Waals surface area (Å²) in [6.45, 7) is 5.38. The summed E-state index contributed by atoms with van der Waals surface area (Å²) in [7, 11) is 2.01. The second-order valence-electron chi connectivity index (χ2n) is 8.40. The number of benzene rings is 1. The number of carbonyl (C=O) groups is 1. The first kappa shape index (κ1) is 23.1. The van der Waals surface area contributed by atoms with Crippen molar-refractivity contribution in [2.75, 3.05) is 25.4 Å². The molecule has 9 heteroatoms. The van der Waals surface area contributed by atoms with E-state index in [1.54, 1.807) is 18.0 Å². The van der Waals surface area contributed by atoms with Crippen molar-refractivity contribution in [3.63, 3.8) is 0 Å². The minimum absolute atomic E-state index is 0.250. The lowest BCUT2D eigenvalue weighted by Gasteiger charge is -2.21. The Hall–Kier alpha value is -2.10. The standard InChI is InChI=1S/C22H25BrN4OS.CH2O2/c1-15-8-10-28-19(15)20-24-25-21(26(20)2)29-11-3-9-27-13-17-12-22(17,14-27)16-4-6-18(23)7-5-16;2-1-3/h4-8,10,17H,3,9,11-14H2,1-2H3;1H,(H,2,3)/t17-,22?;/m0./s1. The van der Waals surface area contributed by atoms with Gasteiger partial charge in [0, 0.05) is 35.8 Å². The fraction of sp³-hybridized carbons (Fsp3) is 0.435. The van der Waals surface area contributed by atoms with Gasteiger partial charge in [0.05, 0.1) is 6.26 Å². The van der Waals surface area contributed by atoms with E-state index in [2.05, 4.69) is 55.3 Å². The molecule has 2 aliphatic rings. The largest absolute Gasteiger partial charge is 0.483 e. The van der Waals surface area contributed by atoms with Crippen LogP contribution in [0, 0.1) is 12.8 Å². The molecule has 0 spiro atoms. The Labute approximate surface area is 200 Å². The maximum atomic E-state index is 8.36. The molecule has 2 aromatic heterocycles. The molecule has 3 aromatic rings. The SMILES string of the molecule is Cc1ccoc1-c1nnc(SCCCN2C[C@@H]3CC3(c3ccc(Br)cc3)C2)n1C.O=CO. The van der Waals surface area contributed by atoms with Crippen LogP contribution in [0.4, 0.5) is 0 Å². The third-order valence-electron chi connectivity index (χ3n) is 6.39. The first-order chi connectivity index (χ1) is 15.5. The Morgan fingerprint density at radius 1 is 1.31 bits per heavy atom. The summed E-state index contributed by atoms with van der Waals surface area (Å²) in [6, 6.07) is 10.9. The molecule has 5 rings (SSSR count). The molecule has 0 bridgehead atoms. The van der Waals surface area contributed by atoms with Gasteiger partial charge in [0.2, 0.25) is 0 Å². The lowest BCUT2D eigenvalue weighted by Crippen LogP contribution is -2.27. The van der Waals surface area contributed by atoms with E-state index in [1.165, 1.54) is 25.1 Å². The number of nitrogens with zero attached hydrogens (tertiary/aromatic N) is 4. The van der Waals surface area contributed by atoms with E-state index in [4.69, 9.17) is 14.3 Å². The molecular weight excluding hydrogens is 492 g/mol. The number of piperidine rings is 1. The van der Waals surface area contributed by atoms with Gasteiger partial charge < -0.3 is 19.0 Å². The molecule has 1 aliphatic heterocycles. The molecule has 1 unspecified atom stereocenters. The molecule has 1 aromatic carbocycles. The topological polar surface area (TPSA) is 84.4 Å². The number of aromatic nitrogens is 3. The molecule has 1 saturated heterocycles. The van der Waals surface area contributed by atoms with Crippen LogP contribution >= 0.6 is 27.7 Å². The van der Waals surface area contributed by atoms with Crippen LogP contribution in [0.15, 0.2) is 50.6 Å². The maximum Gasteiger partial charge on any atom is 0.290 e. The zero-order valence-corrected chi connectivity index (χ0v) is 20.6. The molecular formula is C23H27BrN4O3S. The van der Waals surface area contributed by atoms with Crippen LogP contribution in [-0.2, 0) is 17.3 Å². The van der Waals surface area contributed by atoms with E-state index in [0.717, 1.165) is 51.4 Å². The molecule has 2 atom stereocenters. The molecule has 0 radical (unpaired) electrons. The minimum Gasteiger partial charge on any atom is -0.483 e. The van der Waals surface area contributed by atoms with Crippen molar-refractivity contribution in [2.24, 2.45) is 13.0 Å². The van der Waals surface area contributed by atoms with Gasteiger partial charge in [-0.15, -0.1) is 10.2 Å². The normalized spacial score (nSPS) is 21.7. The van der Waals surface area contributed by atoms with E-state index in [1.807, 2.05) is 24.6 Å². The molecule has 3 heterocycles. The molecule has 32 heavy (non-hydrogen) atoms. The van der Waals surface area contributed by atoms with Gasteiger partial charge in [-0.1, -0.05) is 39.8 Å². The third kappa shape index (κ3) is 4.65. The monoisotopic (exact) mass is 518 g/mol. The lowest BCUT2D eigenvalue weighted by molar-refractivity contribution is -0.122. The van der Waals surface area contributed by atoms with Gasteiger partial charge >= 0.3 is 0 Å². The fourth-order valence-electron chi connectivity index (χ4n) is 4.68. The van der Waals surface area contributed by atoms with E-state index in [0.29, 0.717) is 5.41 Å². The van der Waals surface area contributed by atoms with Crippen LogP contribution in [-0.4, -0.2) is 56.6 Å². The maximum absolute atomic E-state index is 8.36. The number of thioether (sulfide) groups is 1. The Morgan fingerprint density at radius 2 is 2.06 bits per heavy atom. The quantitative estimate of drug-likeness (QED) is 0.278. The van der Waals surface area contributed by atoms with Crippen LogP contribution < -0.4 is 0 Å². The van der Waals surface area contributed by atoms with Crippen molar-refractivity contribution in [3.05, 3.63) is 52.2 Å². The van der Waals surface area contributed by atoms with Crippen molar-refractivity contribution >= 4 is 34.2 Å². The van der Waals surface area contributed by atoms with E-state index < -0.39 is 0 Å². The highest BCUT2D eigenvalue weighted by Crippen LogP contribution is 2.59. The first-order valence-corrected chi connectivity index (χ1v) is 12.4. The first-order valence-electron chi connectivity index (χ1n) is 10.6. The van der Waals surface area contributed by atoms with Gasteiger partial charge in [0.15, 0.2) is 16.7 Å². The lowest BCUT2D eigenvalue weighted by atomic mass is 9.95. The van der Waals surface area contributed by atoms with E-state index in [-0.39, 0.29) is 6.47 Å². The smallest absolute Gasteiger partial charge is 0.290 e. The van der Waals surface area contributed by atoms with Crippen LogP contribution in [0.3, 0.4) is 0 Å². The summed E-state index contributed by atoms with van der Waals surface area (Å²) < 4.78 is 8.76. The highest BCUT2D eigenvalue weighted by molar-refractivity contribution is 9.10. The van der Waals surface area contributed by atoms with Crippen LogP contribution in [0.5, 0.6) is 0 Å². The predicted molar refractivity (Wildman–Crippen MR) is 128 cm³/mol. The average molecular weight is 519 g/mol. The summed E-state index contributed by atoms with van der Waals surface area (Å²) >= 11 is 5.33.